The fraction of sp³-hybridized carbons (Fsp3) is 0.692. The van der Waals surface area contributed by atoms with E-state index in [-0.39, 0.29) is 12.6 Å². The number of rotatable bonds is 10. The van der Waals surface area contributed by atoms with Crippen LogP contribution in [0, 0.1) is 0 Å². The van der Waals surface area contributed by atoms with E-state index in [1.807, 2.05) is 19.9 Å². The van der Waals surface area contributed by atoms with E-state index in [2.05, 4.69) is 17.0 Å². The van der Waals surface area contributed by atoms with Gasteiger partial charge in [-0.1, -0.05) is 6.92 Å². The van der Waals surface area contributed by atoms with Gasteiger partial charge in [-0.25, -0.2) is 13.1 Å². The van der Waals surface area contributed by atoms with Gasteiger partial charge < -0.3 is 10.1 Å². The van der Waals surface area contributed by atoms with Crippen molar-refractivity contribution >= 4 is 21.4 Å². The Kier molecular flexibility index (Phi) is 7.68. The van der Waals surface area contributed by atoms with Gasteiger partial charge in [0.25, 0.3) is 0 Å². The maximum atomic E-state index is 12.1. The maximum Gasteiger partial charge on any atom is 0.250 e. The average molecular weight is 320 g/mol. The van der Waals surface area contributed by atoms with Gasteiger partial charge in [0.15, 0.2) is 0 Å². The Morgan fingerprint density at radius 3 is 2.75 bits per heavy atom. The quantitative estimate of drug-likeness (QED) is 0.647. The molecule has 0 bridgehead atoms. The molecule has 1 heterocycles. The van der Waals surface area contributed by atoms with Crippen LogP contribution in [0.2, 0.25) is 0 Å². The third kappa shape index (κ3) is 5.88. The molecule has 0 saturated carbocycles. The van der Waals surface area contributed by atoms with E-state index in [9.17, 15) is 8.42 Å². The standard InChI is InChI=1S/C13H24N2O3S2/c1-4-8-14-10-12-6-7-13(19-12)20(16,17)15-9-11(3)18-5-2/h6-7,11,14-15H,4-5,8-10H2,1-3H3. The van der Waals surface area contributed by atoms with Crippen LogP contribution in [0.15, 0.2) is 16.3 Å². The topological polar surface area (TPSA) is 67.4 Å². The minimum absolute atomic E-state index is 0.125. The molecular weight excluding hydrogens is 296 g/mol. The van der Waals surface area contributed by atoms with Gasteiger partial charge >= 0.3 is 0 Å². The van der Waals surface area contributed by atoms with Gasteiger partial charge in [0.2, 0.25) is 10.0 Å². The highest BCUT2D eigenvalue weighted by Crippen LogP contribution is 2.21. The maximum absolute atomic E-state index is 12.1. The summed E-state index contributed by atoms with van der Waals surface area (Å²) in [4.78, 5) is 1.02. The van der Waals surface area contributed by atoms with Crippen molar-refractivity contribution in [3.8, 4) is 0 Å². The fourth-order valence-electron chi connectivity index (χ4n) is 1.63. The van der Waals surface area contributed by atoms with Crippen LogP contribution in [0.25, 0.3) is 0 Å². The zero-order valence-corrected chi connectivity index (χ0v) is 13.9. The summed E-state index contributed by atoms with van der Waals surface area (Å²) in [6, 6.07) is 3.51. The van der Waals surface area contributed by atoms with Crippen molar-refractivity contribution in [3.63, 3.8) is 0 Å². The lowest BCUT2D eigenvalue weighted by Crippen LogP contribution is -2.31. The average Bonchev–Trinajstić information content (AvgIpc) is 2.87. The lowest BCUT2D eigenvalue weighted by atomic mass is 10.4. The van der Waals surface area contributed by atoms with Gasteiger partial charge in [-0.3, -0.25) is 0 Å². The first-order valence-electron chi connectivity index (χ1n) is 6.90. The van der Waals surface area contributed by atoms with Gasteiger partial charge in [-0.05, 0) is 38.9 Å². The molecule has 0 saturated heterocycles. The van der Waals surface area contributed by atoms with Crippen LogP contribution < -0.4 is 10.0 Å². The number of ether oxygens (including phenoxy) is 1. The van der Waals surface area contributed by atoms with E-state index in [0.717, 1.165) is 17.8 Å². The summed E-state index contributed by atoms with van der Waals surface area (Å²) in [6.07, 6.45) is 0.938. The monoisotopic (exact) mass is 320 g/mol. The van der Waals surface area contributed by atoms with Crippen molar-refractivity contribution in [1.29, 1.82) is 0 Å². The van der Waals surface area contributed by atoms with E-state index in [1.165, 1.54) is 11.3 Å². The molecule has 1 rings (SSSR count). The Hall–Kier alpha value is -0.470. The molecule has 1 aromatic rings. The Bertz CT molecular complexity index is 486. The van der Waals surface area contributed by atoms with E-state index in [0.29, 0.717) is 17.4 Å². The first-order valence-corrected chi connectivity index (χ1v) is 9.20. The van der Waals surface area contributed by atoms with Crippen LogP contribution in [0.4, 0.5) is 0 Å². The molecule has 0 radical (unpaired) electrons. The number of hydrogen-bond donors (Lipinski definition) is 2. The molecule has 0 aliphatic heterocycles. The van der Waals surface area contributed by atoms with E-state index < -0.39 is 10.0 Å². The van der Waals surface area contributed by atoms with Crippen molar-refractivity contribution in [2.45, 2.75) is 44.0 Å². The van der Waals surface area contributed by atoms with E-state index >= 15 is 0 Å². The lowest BCUT2D eigenvalue weighted by Gasteiger charge is -2.12. The normalized spacial score (nSPS) is 13.6. The summed E-state index contributed by atoms with van der Waals surface area (Å²) >= 11 is 1.30. The molecule has 0 amide bonds. The second kappa shape index (κ2) is 8.74. The molecule has 0 aliphatic carbocycles. The Morgan fingerprint density at radius 2 is 2.10 bits per heavy atom. The first-order chi connectivity index (χ1) is 9.49. The van der Waals surface area contributed by atoms with Crippen LogP contribution >= 0.6 is 11.3 Å². The number of sulfonamides is 1. The highest BCUT2D eigenvalue weighted by Gasteiger charge is 2.17. The molecule has 20 heavy (non-hydrogen) atoms. The van der Waals surface area contributed by atoms with E-state index in [4.69, 9.17) is 4.74 Å². The van der Waals surface area contributed by atoms with Crippen LogP contribution in [0.3, 0.4) is 0 Å². The summed E-state index contributed by atoms with van der Waals surface area (Å²) in [5, 5.41) is 3.26. The molecule has 116 valence electrons. The Morgan fingerprint density at radius 1 is 1.35 bits per heavy atom. The van der Waals surface area contributed by atoms with E-state index in [1.54, 1.807) is 6.07 Å². The first kappa shape index (κ1) is 17.6. The summed E-state index contributed by atoms with van der Waals surface area (Å²) in [5.74, 6) is 0. The molecule has 0 fully saturated rings. The third-order valence-corrected chi connectivity index (χ3v) is 5.64. The zero-order valence-electron chi connectivity index (χ0n) is 12.3. The molecule has 1 aromatic heterocycles. The number of hydrogen-bond acceptors (Lipinski definition) is 5. The molecule has 2 N–H and O–H groups in total. The van der Waals surface area contributed by atoms with Gasteiger partial charge in [0.1, 0.15) is 4.21 Å². The molecular formula is C13H24N2O3S2. The molecule has 0 spiro atoms. The summed E-state index contributed by atoms with van der Waals surface area (Å²) in [7, 11) is -3.42. The molecule has 0 aliphatic rings. The van der Waals surface area contributed by atoms with Crippen molar-refractivity contribution < 1.29 is 13.2 Å². The van der Waals surface area contributed by atoms with Crippen molar-refractivity contribution in [3.05, 3.63) is 17.0 Å². The predicted octanol–water partition coefficient (Wildman–Crippen LogP) is 1.95. The van der Waals surface area contributed by atoms with Crippen LogP contribution in [0.5, 0.6) is 0 Å². The second-order valence-corrected chi connectivity index (χ2v) is 7.68. The van der Waals surface area contributed by atoms with Crippen LogP contribution in [0.1, 0.15) is 32.1 Å². The van der Waals surface area contributed by atoms with Gasteiger partial charge in [0.05, 0.1) is 6.10 Å². The molecule has 7 heteroatoms. The minimum atomic E-state index is -3.42. The number of thiophene rings is 1. The molecule has 1 unspecified atom stereocenters. The summed E-state index contributed by atoms with van der Waals surface area (Å²) in [5.41, 5.74) is 0. The number of nitrogens with one attached hydrogen (secondary N) is 2. The van der Waals surface area contributed by atoms with Gasteiger partial charge in [-0.2, -0.15) is 0 Å². The SMILES string of the molecule is CCCNCc1ccc(S(=O)(=O)NCC(C)OCC)s1. The lowest BCUT2D eigenvalue weighted by molar-refractivity contribution is 0.0800. The predicted molar refractivity (Wildman–Crippen MR) is 82.6 cm³/mol. The highest BCUT2D eigenvalue weighted by atomic mass is 32.2. The molecule has 5 nitrogen and oxygen atoms in total. The van der Waals surface area contributed by atoms with Crippen molar-refractivity contribution in [1.82, 2.24) is 10.0 Å². The van der Waals surface area contributed by atoms with Crippen LogP contribution in [-0.2, 0) is 21.3 Å². The highest BCUT2D eigenvalue weighted by molar-refractivity contribution is 7.91. The largest absolute Gasteiger partial charge is 0.377 e. The van der Waals surface area contributed by atoms with Gasteiger partial charge in [-0.15, -0.1) is 11.3 Å². The molecule has 0 aromatic carbocycles. The zero-order chi connectivity index (χ0) is 15.0. The minimum Gasteiger partial charge on any atom is -0.377 e. The van der Waals surface area contributed by atoms with Crippen molar-refractivity contribution in [2.75, 3.05) is 19.7 Å². The van der Waals surface area contributed by atoms with Crippen LogP contribution in [-0.4, -0.2) is 34.2 Å². The van der Waals surface area contributed by atoms with Gasteiger partial charge in [0, 0.05) is 24.6 Å². The van der Waals surface area contributed by atoms with Crippen molar-refractivity contribution in [2.24, 2.45) is 0 Å². The Labute approximate surface area is 125 Å². The summed E-state index contributed by atoms with van der Waals surface area (Å²) < 4.78 is 32.5. The fourth-order valence-corrected chi connectivity index (χ4v) is 4.11. The smallest absolute Gasteiger partial charge is 0.250 e. The third-order valence-electron chi connectivity index (χ3n) is 2.64. The summed E-state index contributed by atoms with van der Waals surface area (Å²) in [6.45, 7) is 8.35. The molecule has 1 atom stereocenters. The Balaban J connectivity index is 2.54. The second-order valence-electron chi connectivity index (χ2n) is 4.52.